The number of anilines is 2. The van der Waals surface area contributed by atoms with Gasteiger partial charge in [0.25, 0.3) is 5.91 Å². The Morgan fingerprint density at radius 1 is 1.33 bits per heavy atom. The van der Waals surface area contributed by atoms with E-state index in [1.165, 1.54) is 0 Å². The summed E-state index contributed by atoms with van der Waals surface area (Å²) in [5.41, 5.74) is 1.07. The van der Waals surface area contributed by atoms with Crippen LogP contribution in [0.1, 0.15) is 22.8 Å². The van der Waals surface area contributed by atoms with Gasteiger partial charge in [-0.3, -0.25) is 4.79 Å². The topological polar surface area (TPSA) is 66.9 Å². The molecule has 0 saturated carbocycles. The fourth-order valence-electron chi connectivity index (χ4n) is 1.71. The summed E-state index contributed by atoms with van der Waals surface area (Å²) in [5, 5.41) is 5.56. The van der Waals surface area contributed by atoms with Gasteiger partial charge in [-0.25, -0.2) is 14.4 Å². The summed E-state index contributed by atoms with van der Waals surface area (Å²) in [5.74, 6) is -0.299. The van der Waals surface area contributed by atoms with Crippen LogP contribution < -0.4 is 10.6 Å². The highest BCUT2D eigenvalue weighted by molar-refractivity contribution is 9.10. The van der Waals surface area contributed by atoms with Crippen molar-refractivity contribution in [3.63, 3.8) is 0 Å². The molecule has 2 aromatic heterocycles. The maximum Gasteiger partial charge on any atom is 0.260 e. The third-order valence-corrected chi connectivity index (χ3v) is 3.56. The zero-order valence-electron chi connectivity index (χ0n) is 11.6. The monoisotopic (exact) mass is 352 g/mol. The number of rotatable bonds is 4. The van der Waals surface area contributed by atoms with Gasteiger partial charge in [-0.05, 0) is 47.5 Å². The second-order valence-electron chi connectivity index (χ2n) is 4.35. The SMILES string of the molecule is CCNc1ncc(F)cc1C(=O)Nc1cc(C)c(Br)cn1. The summed E-state index contributed by atoms with van der Waals surface area (Å²) < 4.78 is 14.2. The van der Waals surface area contributed by atoms with Crippen molar-refractivity contribution in [2.24, 2.45) is 0 Å². The molecule has 21 heavy (non-hydrogen) atoms. The maximum atomic E-state index is 13.3. The molecular formula is C14H14BrFN4O. The average molecular weight is 353 g/mol. The molecule has 0 unspecified atom stereocenters. The van der Waals surface area contributed by atoms with Crippen LogP contribution >= 0.6 is 15.9 Å². The van der Waals surface area contributed by atoms with E-state index in [9.17, 15) is 9.18 Å². The Balaban J connectivity index is 2.27. The van der Waals surface area contributed by atoms with Gasteiger partial charge in [0.05, 0.1) is 11.8 Å². The summed E-state index contributed by atoms with van der Waals surface area (Å²) in [4.78, 5) is 20.2. The Morgan fingerprint density at radius 2 is 2.10 bits per heavy atom. The number of aromatic nitrogens is 2. The highest BCUT2D eigenvalue weighted by atomic mass is 79.9. The van der Waals surface area contributed by atoms with Crippen LogP contribution in [0.3, 0.4) is 0 Å². The first-order valence-corrected chi connectivity index (χ1v) is 7.13. The number of carbonyl (C=O) groups is 1. The fraction of sp³-hybridized carbons (Fsp3) is 0.214. The van der Waals surface area contributed by atoms with Crippen LogP contribution in [0, 0.1) is 12.7 Å². The Hall–Kier alpha value is -2.02. The van der Waals surface area contributed by atoms with Crippen LogP contribution in [0.25, 0.3) is 0 Å². The molecule has 0 spiro atoms. The summed E-state index contributed by atoms with van der Waals surface area (Å²) in [6.45, 7) is 4.33. The standard InChI is InChI=1S/C14H14BrFN4O/c1-3-17-13-10(5-9(16)6-19-13)14(21)20-12-4-8(2)11(15)7-18-12/h4-7H,3H2,1-2H3,(H,17,19)(H,18,20,21). The molecule has 0 aliphatic heterocycles. The predicted molar refractivity (Wildman–Crippen MR) is 83.0 cm³/mol. The third kappa shape index (κ3) is 3.75. The molecule has 0 bridgehead atoms. The molecule has 0 aromatic carbocycles. The second kappa shape index (κ2) is 6.62. The molecule has 0 radical (unpaired) electrons. The Kier molecular flexibility index (Phi) is 4.85. The van der Waals surface area contributed by atoms with Crippen LogP contribution in [-0.2, 0) is 0 Å². The van der Waals surface area contributed by atoms with Crippen LogP contribution in [0.15, 0.2) is 29.0 Å². The van der Waals surface area contributed by atoms with Crippen LogP contribution in [0.2, 0.25) is 0 Å². The number of nitrogens with one attached hydrogen (secondary N) is 2. The quantitative estimate of drug-likeness (QED) is 0.885. The van der Waals surface area contributed by atoms with Crippen LogP contribution in [0.4, 0.5) is 16.0 Å². The minimum absolute atomic E-state index is 0.138. The Morgan fingerprint density at radius 3 is 2.76 bits per heavy atom. The molecule has 2 heterocycles. The molecule has 0 aliphatic carbocycles. The number of aryl methyl sites for hydroxylation is 1. The van der Waals surface area contributed by atoms with Gasteiger partial charge in [0.15, 0.2) is 0 Å². The van der Waals surface area contributed by atoms with E-state index in [2.05, 4.69) is 36.5 Å². The average Bonchev–Trinajstić information content (AvgIpc) is 2.45. The number of pyridine rings is 2. The van der Waals surface area contributed by atoms with Gasteiger partial charge in [0, 0.05) is 17.2 Å². The number of hydrogen-bond donors (Lipinski definition) is 2. The normalized spacial score (nSPS) is 10.3. The number of amides is 1. The van der Waals surface area contributed by atoms with E-state index in [0.717, 1.165) is 22.3 Å². The van der Waals surface area contributed by atoms with E-state index in [1.807, 2.05) is 13.8 Å². The van der Waals surface area contributed by atoms with Crippen molar-refractivity contribution in [3.05, 3.63) is 45.9 Å². The van der Waals surface area contributed by atoms with Gasteiger partial charge in [-0.1, -0.05) is 0 Å². The minimum atomic E-state index is -0.568. The van der Waals surface area contributed by atoms with Gasteiger partial charge in [0.1, 0.15) is 17.5 Å². The molecule has 2 aromatic rings. The molecule has 7 heteroatoms. The largest absolute Gasteiger partial charge is 0.370 e. The summed E-state index contributed by atoms with van der Waals surface area (Å²) in [7, 11) is 0. The zero-order valence-corrected chi connectivity index (χ0v) is 13.2. The molecule has 2 N–H and O–H groups in total. The van der Waals surface area contributed by atoms with Crippen LogP contribution in [-0.4, -0.2) is 22.4 Å². The summed E-state index contributed by atoms with van der Waals surface area (Å²) in [6, 6.07) is 2.87. The van der Waals surface area contributed by atoms with E-state index in [-0.39, 0.29) is 5.56 Å². The maximum absolute atomic E-state index is 13.3. The van der Waals surface area contributed by atoms with Crippen molar-refractivity contribution < 1.29 is 9.18 Å². The lowest BCUT2D eigenvalue weighted by Crippen LogP contribution is -2.17. The Labute approximate surface area is 130 Å². The lowest BCUT2D eigenvalue weighted by molar-refractivity contribution is 0.102. The summed E-state index contributed by atoms with van der Waals surface area (Å²) in [6.07, 6.45) is 2.66. The van der Waals surface area contributed by atoms with E-state index >= 15 is 0 Å². The van der Waals surface area contributed by atoms with E-state index in [1.54, 1.807) is 12.3 Å². The molecule has 0 atom stereocenters. The van der Waals surface area contributed by atoms with Gasteiger partial charge in [-0.2, -0.15) is 0 Å². The first-order valence-electron chi connectivity index (χ1n) is 6.34. The number of nitrogens with zero attached hydrogens (tertiary/aromatic N) is 2. The van der Waals surface area contributed by atoms with E-state index in [4.69, 9.17) is 0 Å². The highest BCUT2D eigenvalue weighted by Gasteiger charge is 2.14. The molecule has 110 valence electrons. The van der Waals surface area contributed by atoms with Crippen molar-refractivity contribution in [2.45, 2.75) is 13.8 Å². The first-order chi connectivity index (χ1) is 10.0. The van der Waals surface area contributed by atoms with Gasteiger partial charge in [0.2, 0.25) is 0 Å². The predicted octanol–water partition coefficient (Wildman–Crippen LogP) is 3.37. The number of hydrogen-bond acceptors (Lipinski definition) is 4. The highest BCUT2D eigenvalue weighted by Crippen LogP contribution is 2.19. The van der Waals surface area contributed by atoms with Crippen molar-refractivity contribution in [1.29, 1.82) is 0 Å². The van der Waals surface area contributed by atoms with Crippen molar-refractivity contribution in [3.8, 4) is 0 Å². The van der Waals surface area contributed by atoms with Gasteiger partial charge < -0.3 is 10.6 Å². The molecule has 1 amide bonds. The van der Waals surface area contributed by atoms with Crippen LogP contribution in [0.5, 0.6) is 0 Å². The smallest absolute Gasteiger partial charge is 0.260 e. The van der Waals surface area contributed by atoms with Crippen molar-refractivity contribution in [1.82, 2.24) is 9.97 Å². The Bertz CT molecular complexity index is 678. The molecule has 0 saturated heterocycles. The van der Waals surface area contributed by atoms with Crippen molar-refractivity contribution in [2.75, 3.05) is 17.2 Å². The number of halogens is 2. The molecular weight excluding hydrogens is 339 g/mol. The molecule has 2 rings (SSSR count). The lowest BCUT2D eigenvalue weighted by atomic mass is 10.2. The number of carbonyl (C=O) groups excluding carboxylic acids is 1. The van der Waals surface area contributed by atoms with Gasteiger partial charge >= 0.3 is 0 Å². The second-order valence-corrected chi connectivity index (χ2v) is 5.21. The third-order valence-electron chi connectivity index (χ3n) is 2.73. The van der Waals surface area contributed by atoms with E-state index in [0.29, 0.717) is 18.2 Å². The fourth-order valence-corrected chi connectivity index (χ4v) is 1.93. The lowest BCUT2D eigenvalue weighted by Gasteiger charge is -2.10. The minimum Gasteiger partial charge on any atom is -0.370 e. The molecule has 0 fully saturated rings. The van der Waals surface area contributed by atoms with Crippen molar-refractivity contribution >= 4 is 33.5 Å². The molecule has 0 aliphatic rings. The molecule has 5 nitrogen and oxygen atoms in total. The van der Waals surface area contributed by atoms with E-state index < -0.39 is 11.7 Å². The zero-order chi connectivity index (χ0) is 15.4. The summed E-state index contributed by atoms with van der Waals surface area (Å²) >= 11 is 3.34. The first kappa shape index (κ1) is 15.4. The van der Waals surface area contributed by atoms with Gasteiger partial charge in [-0.15, -0.1) is 0 Å².